The summed E-state index contributed by atoms with van der Waals surface area (Å²) in [6.45, 7) is -0.321. The fraction of sp³-hybridized carbons (Fsp3) is 0.200. The Kier molecular flexibility index (Phi) is 5.08. The first-order chi connectivity index (χ1) is 8.04. The molecule has 1 unspecified atom stereocenters. The molecule has 0 bridgehead atoms. The first kappa shape index (κ1) is 13.6. The summed E-state index contributed by atoms with van der Waals surface area (Å²) in [6.07, 6.45) is -2.04. The minimum Gasteiger partial charge on any atom is -0.445 e. The topological polar surface area (TPSA) is 108 Å². The first-order valence-electron chi connectivity index (χ1n) is 4.70. The maximum atomic E-state index is 10.7. The van der Waals surface area contributed by atoms with Crippen molar-refractivity contribution in [2.45, 2.75) is 6.10 Å². The Morgan fingerprint density at radius 1 is 1.53 bits per heavy atom. The number of hydrazine groups is 1. The molecular formula is C10H12BrN3O3. The van der Waals surface area contributed by atoms with Gasteiger partial charge in [-0.25, -0.2) is 10.6 Å². The molecule has 0 saturated carbocycles. The zero-order valence-electron chi connectivity index (χ0n) is 8.81. The Bertz CT molecular complexity index is 408. The van der Waals surface area contributed by atoms with Crippen LogP contribution in [0.2, 0.25) is 0 Å². The van der Waals surface area contributed by atoms with Crippen molar-refractivity contribution >= 4 is 27.7 Å². The summed E-state index contributed by atoms with van der Waals surface area (Å²) in [5, 5.41) is 17.3. The van der Waals surface area contributed by atoms with Crippen LogP contribution in [0.4, 0.5) is 4.79 Å². The van der Waals surface area contributed by atoms with Gasteiger partial charge in [0.05, 0.1) is 5.71 Å². The molecule has 0 spiro atoms. The molecule has 0 aliphatic rings. The number of nitrogens with two attached hydrogens (primary N) is 1. The average Bonchev–Trinajstić information content (AvgIpc) is 2.35. The SMILES string of the molecule is N=C(c1ccc(Br)cc1)C(O)COC(=O)NN. The molecule has 0 radical (unpaired) electrons. The van der Waals surface area contributed by atoms with Gasteiger partial charge in [-0.15, -0.1) is 0 Å². The summed E-state index contributed by atoms with van der Waals surface area (Å²) in [5.41, 5.74) is 2.29. The molecule has 1 aromatic carbocycles. The number of aliphatic hydroxyl groups is 1. The van der Waals surface area contributed by atoms with E-state index in [4.69, 9.17) is 11.3 Å². The second kappa shape index (κ2) is 6.33. The van der Waals surface area contributed by atoms with E-state index in [1.165, 1.54) is 0 Å². The van der Waals surface area contributed by atoms with E-state index in [-0.39, 0.29) is 12.3 Å². The van der Waals surface area contributed by atoms with E-state index < -0.39 is 12.2 Å². The quantitative estimate of drug-likeness (QED) is 0.285. The lowest BCUT2D eigenvalue weighted by atomic mass is 10.1. The molecule has 92 valence electrons. The number of carbonyl (C=O) groups is 1. The van der Waals surface area contributed by atoms with E-state index in [0.717, 1.165) is 4.47 Å². The minimum absolute atomic E-state index is 0.0256. The molecular weight excluding hydrogens is 290 g/mol. The number of nitrogens with one attached hydrogen (secondary N) is 2. The van der Waals surface area contributed by atoms with Gasteiger partial charge in [0.1, 0.15) is 12.7 Å². The number of amides is 1. The van der Waals surface area contributed by atoms with Crippen LogP contribution in [0.3, 0.4) is 0 Å². The zero-order chi connectivity index (χ0) is 12.8. The fourth-order valence-electron chi connectivity index (χ4n) is 1.10. The van der Waals surface area contributed by atoms with Crippen molar-refractivity contribution in [3.8, 4) is 0 Å². The molecule has 1 amide bonds. The van der Waals surface area contributed by atoms with Crippen LogP contribution in [-0.2, 0) is 4.74 Å². The van der Waals surface area contributed by atoms with Crippen molar-refractivity contribution in [3.63, 3.8) is 0 Å². The number of aliphatic hydroxyl groups excluding tert-OH is 1. The predicted molar refractivity (Wildman–Crippen MR) is 65.6 cm³/mol. The second-order valence-corrected chi connectivity index (χ2v) is 4.09. The molecule has 6 nitrogen and oxygen atoms in total. The Morgan fingerprint density at radius 3 is 2.65 bits per heavy atom. The summed E-state index contributed by atoms with van der Waals surface area (Å²) >= 11 is 3.27. The molecule has 17 heavy (non-hydrogen) atoms. The third-order valence-corrected chi connectivity index (χ3v) is 2.51. The van der Waals surface area contributed by atoms with Crippen LogP contribution in [0.15, 0.2) is 28.7 Å². The summed E-state index contributed by atoms with van der Waals surface area (Å²) in [5.74, 6) is 4.80. The molecule has 0 aromatic heterocycles. The van der Waals surface area contributed by atoms with Gasteiger partial charge in [-0.3, -0.25) is 5.43 Å². The average molecular weight is 302 g/mol. The first-order valence-corrected chi connectivity index (χ1v) is 5.49. The van der Waals surface area contributed by atoms with Crippen molar-refractivity contribution < 1.29 is 14.6 Å². The van der Waals surface area contributed by atoms with E-state index in [1.807, 2.05) is 0 Å². The number of rotatable bonds is 4. The Morgan fingerprint density at radius 2 is 2.12 bits per heavy atom. The van der Waals surface area contributed by atoms with Crippen molar-refractivity contribution in [2.75, 3.05) is 6.61 Å². The van der Waals surface area contributed by atoms with Crippen molar-refractivity contribution in [1.82, 2.24) is 5.43 Å². The highest BCUT2D eigenvalue weighted by atomic mass is 79.9. The number of carbonyl (C=O) groups excluding carboxylic acids is 1. The molecule has 7 heteroatoms. The monoisotopic (exact) mass is 301 g/mol. The van der Waals surface area contributed by atoms with Gasteiger partial charge in [0.15, 0.2) is 0 Å². The van der Waals surface area contributed by atoms with Crippen molar-refractivity contribution in [3.05, 3.63) is 34.3 Å². The summed E-state index contributed by atoms with van der Waals surface area (Å²) in [4.78, 5) is 10.7. The lowest BCUT2D eigenvalue weighted by molar-refractivity contribution is 0.0989. The van der Waals surface area contributed by atoms with E-state index >= 15 is 0 Å². The van der Waals surface area contributed by atoms with E-state index in [9.17, 15) is 9.90 Å². The smallest absolute Gasteiger partial charge is 0.421 e. The van der Waals surface area contributed by atoms with Crippen LogP contribution in [0, 0.1) is 5.41 Å². The van der Waals surface area contributed by atoms with Gasteiger partial charge in [-0.05, 0) is 17.7 Å². The molecule has 1 aromatic rings. The molecule has 5 N–H and O–H groups in total. The molecule has 0 aliphatic carbocycles. The van der Waals surface area contributed by atoms with Gasteiger partial charge in [-0.2, -0.15) is 0 Å². The number of benzene rings is 1. The highest BCUT2D eigenvalue weighted by molar-refractivity contribution is 9.10. The highest BCUT2D eigenvalue weighted by Crippen LogP contribution is 2.12. The molecule has 0 fully saturated rings. The van der Waals surface area contributed by atoms with Gasteiger partial charge < -0.3 is 15.3 Å². The standard InChI is InChI=1S/C10H12BrN3O3/c11-7-3-1-6(2-4-7)9(12)8(15)5-17-10(16)14-13/h1-4,8,12,15H,5,13H2,(H,14,16). The molecule has 1 rings (SSSR count). The van der Waals surface area contributed by atoms with Gasteiger partial charge in [0.25, 0.3) is 0 Å². The third kappa shape index (κ3) is 4.14. The van der Waals surface area contributed by atoms with Gasteiger partial charge in [0.2, 0.25) is 0 Å². The summed E-state index contributed by atoms with van der Waals surface area (Å²) in [7, 11) is 0. The maximum absolute atomic E-state index is 10.7. The largest absolute Gasteiger partial charge is 0.445 e. The number of ether oxygens (including phenoxy) is 1. The highest BCUT2D eigenvalue weighted by Gasteiger charge is 2.15. The van der Waals surface area contributed by atoms with E-state index in [2.05, 4.69) is 20.7 Å². The molecule has 1 atom stereocenters. The lowest BCUT2D eigenvalue weighted by Crippen LogP contribution is -2.35. The van der Waals surface area contributed by atoms with Crippen molar-refractivity contribution in [2.24, 2.45) is 5.84 Å². The van der Waals surface area contributed by atoms with Crippen LogP contribution in [0.5, 0.6) is 0 Å². The van der Waals surface area contributed by atoms with Crippen LogP contribution < -0.4 is 11.3 Å². The third-order valence-electron chi connectivity index (χ3n) is 1.98. The van der Waals surface area contributed by atoms with Crippen LogP contribution in [0.1, 0.15) is 5.56 Å². The van der Waals surface area contributed by atoms with Gasteiger partial charge >= 0.3 is 6.09 Å². The van der Waals surface area contributed by atoms with E-state index in [0.29, 0.717) is 5.56 Å². The molecule has 0 heterocycles. The van der Waals surface area contributed by atoms with Crippen molar-refractivity contribution in [1.29, 1.82) is 5.41 Å². The van der Waals surface area contributed by atoms with Gasteiger partial charge in [-0.1, -0.05) is 28.1 Å². The normalized spacial score (nSPS) is 11.7. The van der Waals surface area contributed by atoms with Gasteiger partial charge in [0, 0.05) is 4.47 Å². The number of hydrogen-bond acceptors (Lipinski definition) is 5. The Hall–Kier alpha value is -1.44. The van der Waals surface area contributed by atoms with Crippen LogP contribution >= 0.6 is 15.9 Å². The number of hydrogen-bond donors (Lipinski definition) is 4. The maximum Gasteiger partial charge on any atom is 0.421 e. The minimum atomic E-state index is -1.19. The lowest BCUT2D eigenvalue weighted by Gasteiger charge is -2.12. The summed E-state index contributed by atoms with van der Waals surface area (Å²) in [6, 6.07) is 6.87. The number of halogens is 1. The zero-order valence-corrected chi connectivity index (χ0v) is 10.4. The fourth-order valence-corrected chi connectivity index (χ4v) is 1.37. The molecule has 0 saturated heterocycles. The Balaban J connectivity index is 2.57. The van der Waals surface area contributed by atoms with E-state index in [1.54, 1.807) is 29.7 Å². The Labute approximate surface area is 106 Å². The second-order valence-electron chi connectivity index (χ2n) is 3.18. The predicted octanol–water partition coefficient (Wildman–Crippen LogP) is 0.778. The van der Waals surface area contributed by atoms with Crippen LogP contribution in [0.25, 0.3) is 0 Å². The molecule has 0 aliphatic heterocycles. The summed E-state index contributed by atoms with van der Waals surface area (Å²) < 4.78 is 5.42. The van der Waals surface area contributed by atoms with Crippen LogP contribution in [-0.4, -0.2) is 29.6 Å².